The van der Waals surface area contributed by atoms with Gasteiger partial charge in [0, 0.05) is 25.8 Å². The summed E-state index contributed by atoms with van der Waals surface area (Å²) in [6, 6.07) is 10.0. The maximum atomic E-state index is 12.6. The monoisotopic (exact) mass is 411 g/mol. The highest BCUT2D eigenvalue weighted by Gasteiger charge is 2.24. The van der Waals surface area contributed by atoms with Crippen LogP contribution in [0.4, 0.5) is 5.95 Å². The molecule has 1 fully saturated rings. The third-order valence-corrected chi connectivity index (χ3v) is 6.02. The van der Waals surface area contributed by atoms with Crippen LogP contribution in [0.2, 0.25) is 5.02 Å². The summed E-state index contributed by atoms with van der Waals surface area (Å²) in [5.74, 6) is 1.40. The zero-order valence-electron chi connectivity index (χ0n) is 16.8. The summed E-state index contributed by atoms with van der Waals surface area (Å²) in [6.07, 6.45) is 5.68. The van der Waals surface area contributed by atoms with Crippen molar-refractivity contribution in [3.8, 4) is 0 Å². The minimum atomic E-state index is -0.0845. The Bertz CT molecular complexity index is 1020. The van der Waals surface area contributed by atoms with Crippen LogP contribution >= 0.6 is 11.6 Å². The Morgan fingerprint density at radius 2 is 2.00 bits per heavy atom. The van der Waals surface area contributed by atoms with Gasteiger partial charge < -0.3 is 15.2 Å². The Morgan fingerprint density at radius 3 is 2.76 bits per heavy atom. The Kier molecular flexibility index (Phi) is 5.72. The molecule has 0 radical (unpaired) electrons. The first kappa shape index (κ1) is 19.7. The first-order valence-electron chi connectivity index (χ1n) is 10.1. The van der Waals surface area contributed by atoms with Gasteiger partial charge in [-0.1, -0.05) is 23.7 Å². The van der Waals surface area contributed by atoms with Gasteiger partial charge in [0.25, 0.3) is 5.91 Å². The van der Waals surface area contributed by atoms with Gasteiger partial charge in [-0.15, -0.1) is 0 Å². The number of nitrogens with one attached hydrogen (secondary N) is 2. The van der Waals surface area contributed by atoms with E-state index in [9.17, 15) is 4.79 Å². The number of pyridine rings is 1. The fourth-order valence-electron chi connectivity index (χ4n) is 4.05. The Hall–Kier alpha value is -2.60. The lowest BCUT2D eigenvalue weighted by Gasteiger charge is -2.29. The van der Waals surface area contributed by atoms with Gasteiger partial charge >= 0.3 is 0 Å². The Morgan fingerprint density at radius 1 is 1.24 bits per heavy atom. The highest BCUT2D eigenvalue weighted by molar-refractivity contribution is 6.30. The zero-order valence-corrected chi connectivity index (χ0v) is 17.5. The predicted octanol–water partition coefficient (Wildman–Crippen LogP) is 4.33. The number of para-hydroxylation sites is 2. The molecule has 6 nitrogen and oxygen atoms in total. The predicted molar refractivity (Wildman–Crippen MR) is 116 cm³/mol. The highest BCUT2D eigenvalue weighted by Crippen LogP contribution is 2.26. The van der Waals surface area contributed by atoms with Crippen molar-refractivity contribution >= 4 is 34.5 Å². The number of hydrogen-bond donors (Lipinski definition) is 2. The van der Waals surface area contributed by atoms with Crippen LogP contribution in [0.15, 0.2) is 36.5 Å². The molecule has 2 aromatic heterocycles. The number of carbonyl (C=O) groups excluding carboxylic acids is 1. The average Bonchev–Trinajstić information content (AvgIpc) is 3.05. The number of carbonyl (C=O) groups is 1. The largest absolute Gasteiger partial charge is 0.355 e. The molecule has 3 aromatic rings. The van der Waals surface area contributed by atoms with Gasteiger partial charge in [0.2, 0.25) is 5.95 Å². The average molecular weight is 412 g/mol. The van der Waals surface area contributed by atoms with Gasteiger partial charge in [0.05, 0.1) is 27.3 Å². The van der Waals surface area contributed by atoms with Crippen molar-refractivity contribution in [1.82, 2.24) is 19.9 Å². The topological polar surface area (TPSA) is 71.8 Å². The van der Waals surface area contributed by atoms with Crippen LogP contribution < -0.4 is 10.6 Å². The molecular formula is C22H26ClN5O. The standard InChI is InChI=1S/C22H26ClN5O/c1-14-18(11-16(23)13-24-14)21(29)26-17-9-7-15(8-10-17)12-25-22-27-19-5-3-4-6-20(19)28(22)2/h3-6,11,13,15,17H,7-10,12H2,1-2H3,(H,25,27)(H,26,29). The summed E-state index contributed by atoms with van der Waals surface area (Å²) in [6.45, 7) is 2.73. The summed E-state index contributed by atoms with van der Waals surface area (Å²) >= 11 is 5.99. The quantitative estimate of drug-likeness (QED) is 0.655. The Balaban J connectivity index is 1.28. The van der Waals surface area contributed by atoms with Crippen LogP contribution in [-0.2, 0) is 7.05 Å². The lowest BCUT2D eigenvalue weighted by Crippen LogP contribution is -2.38. The van der Waals surface area contributed by atoms with E-state index in [-0.39, 0.29) is 11.9 Å². The summed E-state index contributed by atoms with van der Waals surface area (Å²) in [5, 5.41) is 7.14. The third-order valence-electron chi connectivity index (χ3n) is 5.82. The molecule has 1 aliphatic carbocycles. The van der Waals surface area contributed by atoms with Crippen LogP contribution in [-0.4, -0.2) is 33.0 Å². The molecule has 2 heterocycles. The van der Waals surface area contributed by atoms with E-state index in [1.165, 1.54) is 0 Å². The van der Waals surface area contributed by atoms with Crippen molar-refractivity contribution in [2.75, 3.05) is 11.9 Å². The molecule has 7 heteroatoms. The second-order valence-corrected chi connectivity index (χ2v) is 8.28. The number of fused-ring (bicyclic) bond motifs is 1. The molecule has 1 amide bonds. The van der Waals surface area contributed by atoms with Crippen LogP contribution in [0.5, 0.6) is 0 Å². The summed E-state index contributed by atoms with van der Waals surface area (Å²) < 4.78 is 2.10. The zero-order chi connectivity index (χ0) is 20.4. The number of amides is 1. The van der Waals surface area contributed by atoms with Crippen LogP contribution in [0.1, 0.15) is 41.7 Å². The number of benzene rings is 1. The van der Waals surface area contributed by atoms with E-state index in [2.05, 4.69) is 31.2 Å². The van der Waals surface area contributed by atoms with Gasteiger partial charge in [0.15, 0.2) is 0 Å². The van der Waals surface area contributed by atoms with Crippen molar-refractivity contribution in [3.63, 3.8) is 0 Å². The van der Waals surface area contributed by atoms with E-state index < -0.39 is 0 Å². The van der Waals surface area contributed by atoms with Gasteiger partial charge in [-0.25, -0.2) is 4.98 Å². The normalized spacial score (nSPS) is 19.3. The van der Waals surface area contributed by atoms with Crippen LogP contribution in [0, 0.1) is 12.8 Å². The smallest absolute Gasteiger partial charge is 0.253 e. The fraction of sp³-hybridized carbons (Fsp3) is 0.409. The lowest BCUT2D eigenvalue weighted by molar-refractivity contribution is 0.0921. The van der Waals surface area contributed by atoms with Crippen molar-refractivity contribution in [3.05, 3.63) is 52.8 Å². The summed E-state index contributed by atoms with van der Waals surface area (Å²) in [5.41, 5.74) is 3.40. The molecule has 1 aromatic carbocycles. The number of anilines is 1. The molecular weight excluding hydrogens is 386 g/mol. The molecule has 152 valence electrons. The van der Waals surface area contributed by atoms with Crippen molar-refractivity contribution in [2.24, 2.45) is 13.0 Å². The molecule has 0 spiro atoms. The van der Waals surface area contributed by atoms with Crippen molar-refractivity contribution in [1.29, 1.82) is 0 Å². The van der Waals surface area contributed by atoms with Gasteiger partial charge in [-0.3, -0.25) is 9.78 Å². The molecule has 0 atom stereocenters. The van der Waals surface area contributed by atoms with E-state index in [1.54, 1.807) is 12.3 Å². The van der Waals surface area contributed by atoms with Crippen LogP contribution in [0.25, 0.3) is 11.0 Å². The number of aryl methyl sites for hydroxylation is 2. The number of aromatic nitrogens is 3. The van der Waals surface area contributed by atoms with E-state index in [1.807, 2.05) is 32.2 Å². The first-order valence-corrected chi connectivity index (χ1v) is 10.5. The minimum Gasteiger partial charge on any atom is -0.355 e. The molecule has 0 aliphatic heterocycles. The van der Waals surface area contributed by atoms with Crippen LogP contribution in [0.3, 0.4) is 0 Å². The second kappa shape index (κ2) is 8.41. The van der Waals surface area contributed by atoms with Gasteiger partial charge in [0.1, 0.15) is 0 Å². The minimum absolute atomic E-state index is 0.0845. The summed E-state index contributed by atoms with van der Waals surface area (Å²) in [7, 11) is 2.04. The molecule has 2 N–H and O–H groups in total. The van der Waals surface area contributed by atoms with Crippen molar-refractivity contribution in [2.45, 2.75) is 38.6 Å². The first-order chi connectivity index (χ1) is 14.0. The van der Waals surface area contributed by atoms with E-state index in [0.29, 0.717) is 22.2 Å². The summed E-state index contributed by atoms with van der Waals surface area (Å²) in [4.78, 5) is 21.4. The second-order valence-electron chi connectivity index (χ2n) is 7.84. The molecule has 0 saturated heterocycles. The maximum absolute atomic E-state index is 12.6. The number of halogens is 1. The molecule has 4 rings (SSSR count). The number of hydrogen-bond acceptors (Lipinski definition) is 4. The highest BCUT2D eigenvalue weighted by atomic mass is 35.5. The number of rotatable bonds is 5. The number of imidazole rings is 1. The fourth-order valence-corrected chi connectivity index (χ4v) is 4.21. The maximum Gasteiger partial charge on any atom is 0.253 e. The molecule has 0 unspecified atom stereocenters. The van der Waals surface area contributed by atoms with Gasteiger partial charge in [-0.05, 0) is 56.7 Å². The van der Waals surface area contributed by atoms with E-state index >= 15 is 0 Å². The van der Waals surface area contributed by atoms with Gasteiger partial charge in [-0.2, -0.15) is 0 Å². The molecule has 1 saturated carbocycles. The third kappa shape index (κ3) is 4.37. The Labute approximate surface area is 175 Å². The van der Waals surface area contributed by atoms with E-state index in [0.717, 1.165) is 49.2 Å². The SMILES string of the molecule is Cc1ncc(Cl)cc1C(=O)NC1CCC(CNc2nc3ccccc3n2C)CC1. The van der Waals surface area contributed by atoms with E-state index in [4.69, 9.17) is 11.6 Å². The molecule has 29 heavy (non-hydrogen) atoms. The lowest BCUT2D eigenvalue weighted by atomic mass is 9.86. The van der Waals surface area contributed by atoms with Crippen molar-refractivity contribution < 1.29 is 4.79 Å². The number of nitrogens with zero attached hydrogens (tertiary/aromatic N) is 3. The molecule has 0 bridgehead atoms. The molecule has 1 aliphatic rings.